The van der Waals surface area contributed by atoms with Crippen molar-refractivity contribution in [3.8, 4) is 11.8 Å². The lowest BCUT2D eigenvalue weighted by Crippen LogP contribution is -1.92. The molecule has 1 rings (SSSR count). The number of benzene rings is 1. The third-order valence-corrected chi connectivity index (χ3v) is 1.43. The van der Waals surface area contributed by atoms with E-state index in [4.69, 9.17) is 5.53 Å². The lowest BCUT2D eigenvalue weighted by Gasteiger charge is -1.96. The molecule has 1 aromatic carbocycles. The molecule has 0 amide bonds. The number of rotatable bonds is 1. The van der Waals surface area contributed by atoms with Crippen LogP contribution in [0.5, 0.6) is 0 Å². The van der Waals surface area contributed by atoms with Crippen LogP contribution in [-0.4, -0.2) is 6.54 Å². The van der Waals surface area contributed by atoms with E-state index in [1.807, 2.05) is 0 Å². The first-order chi connectivity index (χ1) is 7.15. The number of halogens is 3. The van der Waals surface area contributed by atoms with Gasteiger partial charge >= 0.3 is 0 Å². The van der Waals surface area contributed by atoms with Gasteiger partial charge in [0.05, 0.1) is 12.1 Å². The van der Waals surface area contributed by atoms with Crippen molar-refractivity contribution in [1.29, 1.82) is 0 Å². The first-order valence-corrected chi connectivity index (χ1v) is 3.79. The van der Waals surface area contributed by atoms with E-state index in [1.54, 1.807) is 0 Å². The van der Waals surface area contributed by atoms with Crippen molar-refractivity contribution in [3.63, 3.8) is 0 Å². The summed E-state index contributed by atoms with van der Waals surface area (Å²) in [7, 11) is 0. The fourth-order valence-electron chi connectivity index (χ4n) is 0.857. The van der Waals surface area contributed by atoms with Crippen molar-refractivity contribution < 1.29 is 13.2 Å². The van der Waals surface area contributed by atoms with Crippen LogP contribution in [0.2, 0.25) is 0 Å². The monoisotopic (exact) mass is 211 g/mol. The molecule has 0 bridgehead atoms. The van der Waals surface area contributed by atoms with E-state index in [2.05, 4.69) is 21.9 Å². The molecule has 0 unspecified atom stereocenters. The summed E-state index contributed by atoms with van der Waals surface area (Å²) in [5, 5.41) is 3.05. The van der Waals surface area contributed by atoms with Crippen molar-refractivity contribution in [3.05, 3.63) is 45.6 Å². The molecule has 76 valence electrons. The second kappa shape index (κ2) is 4.94. The average Bonchev–Trinajstić information content (AvgIpc) is 2.15. The number of hydrogen-bond acceptors (Lipinski definition) is 1. The zero-order valence-corrected chi connectivity index (χ0v) is 7.34. The second-order valence-electron chi connectivity index (χ2n) is 2.44. The molecule has 15 heavy (non-hydrogen) atoms. The molecule has 0 saturated carbocycles. The molecule has 3 nitrogen and oxygen atoms in total. The third kappa shape index (κ3) is 2.93. The first kappa shape index (κ1) is 11.0. The summed E-state index contributed by atoms with van der Waals surface area (Å²) in [6, 6.07) is 1.06. The van der Waals surface area contributed by atoms with Crippen LogP contribution in [0.3, 0.4) is 0 Å². The Morgan fingerprint density at radius 1 is 1.27 bits per heavy atom. The zero-order chi connectivity index (χ0) is 11.3. The highest BCUT2D eigenvalue weighted by molar-refractivity contribution is 5.37. The molecule has 0 aliphatic heterocycles. The predicted octanol–water partition coefficient (Wildman–Crippen LogP) is 2.77. The maximum Gasteiger partial charge on any atom is 0.144 e. The van der Waals surface area contributed by atoms with Crippen molar-refractivity contribution >= 4 is 0 Å². The molecule has 1 aromatic rings. The molecule has 0 saturated heterocycles. The maximum absolute atomic E-state index is 12.9. The Balaban J connectivity index is 3.02. The maximum atomic E-state index is 12.9. The van der Waals surface area contributed by atoms with Gasteiger partial charge in [-0.15, -0.1) is 0 Å². The first-order valence-electron chi connectivity index (χ1n) is 3.79. The van der Waals surface area contributed by atoms with E-state index in [-0.39, 0.29) is 6.54 Å². The van der Waals surface area contributed by atoms with Crippen molar-refractivity contribution in [2.45, 2.75) is 0 Å². The fraction of sp³-hybridized carbons (Fsp3) is 0.111. The van der Waals surface area contributed by atoms with Gasteiger partial charge in [-0.3, -0.25) is 0 Å². The largest absolute Gasteiger partial charge is 0.207 e. The lowest BCUT2D eigenvalue weighted by atomic mass is 10.2. The molecule has 0 heterocycles. The van der Waals surface area contributed by atoms with Gasteiger partial charge in [-0.05, 0) is 5.53 Å². The molecular formula is C9H4F3N3. The summed E-state index contributed by atoms with van der Waals surface area (Å²) < 4.78 is 38.3. The Morgan fingerprint density at radius 2 is 1.87 bits per heavy atom. The average molecular weight is 211 g/mol. The number of hydrogen-bond donors (Lipinski definition) is 0. The van der Waals surface area contributed by atoms with Gasteiger partial charge in [-0.2, -0.15) is 0 Å². The molecule has 0 N–H and O–H groups in total. The van der Waals surface area contributed by atoms with Crippen LogP contribution in [0.4, 0.5) is 13.2 Å². The van der Waals surface area contributed by atoms with Crippen LogP contribution in [-0.2, 0) is 0 Å². The van der Waals surface area contributed by atoms with Crippen molar-refractivity contribution in [2.24, 2.45) is 5.11 Å². The summed E-state index contributed by atoms with van der Waals surface area (Å²) in [5.74, 6) is 1.17. The predicted molar refractivity (Wildman–Crippen MR) is 47.2 cm³/mol. The SMILES string of the molecule is [N-]=[N+]=NCC#Cc1c(F)cc(F)cc1F. The Bertz CT molecular complexity index is 458. The van der Waals surface area contributed by atoms with Crippen LogP contribution < -0.4 is 0 Å². The van der Waals surface area contributed by atoms with E-state index < -0.39 is 23.0 Å². The van der Waals surface area contributed by atoms with E-state index in [0.717, 1.165) is 0 Å². The summed E-state index contributed by atoms with van der Waals surface area (Å²) in [6.45, 7) is -0.202. The van der Waals surface area contributed by atoms with Crippen molar-refractivity contribution in [2.75, 3.05) is 6.54 Å². The molecule has 0 aliphatic rings. The summed E-state index contributed by atoms with van der Waals surface area (Å²) in [6.07, 6.45) is 0. The number of azide groups is 1. The van der Waals surface area contributed by atoms with E-state index >= 15 is 0 Å². The van der Waals surface area contributed by atoms with E-state index in [1.165, 1.54) is 0 Å². The highest BCUT2D eigenvalue weighted by Gasteiger charge is 2.08. The molecule has 0 fully saturated rings. The van der Waals surface area contributed by atoms with Gasteiger partial charge in [0.2, 0.25) is 0 Å². The van der Waals surface area contributed by atoms with Gasteiger partial charge in [-0.1, -0.05) is 17.0 Å². The molecule has 6 heteroatoms. The highest BCUT2D eigenvalue weighted by Crippen LogP contribution is 2.13. The van der Waals surface area contributed by atoms with Gasteiger partial charge in [0.15, 0.2) is 0 Å². The topological polar surface area (TPSA) is 48.8 Å². The van der Waals surface area contributed by atoms with Crippen LogP contribution in [0.15, 0.2) is 17.2 Å². The Morgan fingerprint density at radius 3 is 2.40 bits per heavy atom. The minimum atomic E-state index is -1.08. The van der Waals surface area contributed by atoms with Crippen LogP contribution in [0.25, 0.3) is 10.4 Å². The zero-order valence-electron chi connectivity index (χ0n) is 7.34. The molecule has 0 aromatic heterocycles. The smallest absolute Gasteiger partial charge is 0.144 e. The van der Waals surface area contributed by atoms with Gasteiger partial charge in [0.1, 0.15) is 17.5 Å². The quantitative estimate of drug-likeness (QED) is 0.297. The standard InChI is InChI=1S/C9H4F3N3/c10-6-4-8(11)7(9(12)5-6)2-1-3-14-15-13/h4-5H,3H2. The van der Waals surface area contributed by atoms with Crippen LogP contribution in [0.1, 0.15) is 5.56 Å². The Labute approximate surface area is 83.2 Å². The van der Waals surface area contributed by atoms with E-state index in [9.17, 15) is 13.2 Å². The minimum Gasteiger partial charge on any atom is -0.207 e. The summed E-state index contributed by atoms with van der Waals surface area (Å²) in [5.41, 5.74) is 7.36. The number of nitrogens with zero attached hydrogens (tertiary/aromatic N) is 3. The second-order valence-corrected chi connectivity index (χ2v) is 2.44. The third-order valence-electron chi connectivity index (χ3n) is 1.43. The summed E-state index contributed by atoms with van der Waals surface area (Å²) >= 11 is 0. The highest BCUT2D eigenvalue weighted by atomic mass is 19.1. The van der Waals surface area contributed by atoms with Gasteiger partial charge in [0, 0.05) is 17.0 Å². The van der Waals surface area contributed by atoms with Crippen LogP contribution >= 0.6 is 0 Å². The molecular weight excluding hydrogens is 207 g/mol. The molecule has 0 aliphatic carbocycles. The Kier molecular flexibility index (Phi) is 3.61. The molecule has 0 radical (unpaired) electrons. The minimum absolute atomic E-state index is 0.202. The van der Waals surface area contributed by atoms with Crippen LogP contribution in [0, 0.1) is 29.3 Å². The van der Waals surface area contributed by atoms with Gasteiger partial charge < -0.3 is 0 Å². The molecule has 0 spiro atoms. The molecule has 0 atom stereocenters. The lowest BCUT2D eigenvalue weighted by molar-refractivity contribution is 0.539. The van der Waals surface area contributed by atoms with E-state index in [0.29, 0.717) is 12.1 Å². The van der Waals surface area contributed by atoms with Gasteiger partial charge in [-0.25, -0.2) is 13.2 Å². The normalized spacial score (nSPS) is 8.73. The Hall–Kier alpha value is -2.12. The van der Waals surface area contributed by atoms with Crippen molar-refractivity contribution in [1.82, 2.24) is 0 Å². The van der Waals surface area contributed by atoms with Gasteiger partial charge in [0.25, 0.3) is 0 Å². The summed E-state index contributed by atoms with van der Waals surface area (Å²) in [4.78, 5) is 2.40. The fourth-order valence-corrected chi connectivity index (χ4v) is 0.857.